The van der Waals surface area contributed by atoms with E-state index < -0.39 is 61.8 Å². The molecular formula is C36H56O12. The summed E-state index contributed by atoms with van der Waals surface area (Å²) in [7, 11) is 1.42. The number of aliphatic hydroxyl groups excluding tert-OH is 5. The SMILES string of the molecule is CCCCCCCC[C@@H]1C(OC2CC(O)C(O)C(CO)O2)C[C@H]2Cc3c(cccc3OCC(=O)OC3CC(O)C(OC)C(CO)O3)C[C@H]21. The molecule has 4 aliphatic rings. The summed E-state index contributed by atoms with van der Waals surface area (Å²) in [4.78, 5) is 12.8. The van der Waals surface area contributed by atoms with E-state index in [4.69, 9.17) is 28.4 Å². The Bertz CT molecular complexity index is 1150. The van der Waals surface area contributed by atoms with Crippen LogP contribution in [0.4, 0.5) is 0 Å². The zero-order chi connectivity index (χ0) is 34.2. The molecule has 0 bridgehead atoms. The minimum atomic E-state index is -1.15. The third-order valence-corrected chi connectivity index (χ3v) is 10.8. The van der Waals surface area contributed by atoms with Crippen LogP contribution >= 0.6 is 0 Å². The third kappa shape index (κ3) is 9.07. The van der Waals surface area contributed by atoms with Gasteiger partial charge < -0.3 is 54.0 Å². The molecule has 2 aliphatic heterocycles. The van der Waals surface area contributed by atoms with Crippen molar-refractivity contribution in [2.45, 2.75) is 139 Å². The van der Waals surface area contributed by atoms with Crippen LogP contribution in [0.2, 0.25) is 0 Å². The highest BCUT2D eigenvalue weighted by atomic mass is 16.7. The number of ether oxygens (including phenoxy) is 6. The average molecular weight is 681 g/mol. The molecule has 1 aromatic carbocycles. The molecule has 0 aromatic heterocycles. The van der Waals surface area contributed by atoms with Gasteiger partial charge in [0.05, 0.1) is 31.5 Å². The Balaban J connectivity index is 1.22. The van der Waals surface area contributed by atoms with Gasteiger partial charge in [0.25, 0.3) is 0 Å². The lowest BCUT2D eigenvalue weighted by molar-refractivity contribution is -0.273. The maximum absolute atomic E-state index is 12.8. The second-order valence-corrected chi connectivity index (χ2v) is 14.0. The molecule has 2 saturated heterocycles. The number of carbonyl (C=O) groups is 1. The fourth-order valence-electron chi connectivity index (χ4n) is 8.33. The van der Waals surface area contributed by atoms with Crippen molar-refractivity contribution in [1.82, 2.24) is 0 Å². The predicted octanol–water partition coefficient (Wildman–Crippen LogP) is 2.41. The van der Waals surface area contributed by atoms with Gasteiger partial charge in [-0.15, -0.1) is 0 Å². The summed E-state index contributed by atoms with van der Waals surface area (Å²) >= 11 is 0. The molecule has 272 valence electrons. The summed E-state index contributed by atoms with van der Waals surface area (Å²) in [5.41, 5.74) is 2.27. The number of unbranched alkanes of at least 4 members (excludes halogenated alkanes) is 5. The maximum Gasteiger partial charge on any atom is 0.346 e. The summed E-state index contributed by atoms with van der Waals surface area (Å²) in [6.45, 7) is 1.11. The van der Waals surface area contributed by atoms with Gasteiger partial charge in [-0.05, 0) is 60.6 Å². The van der Waals surface area contributed by atoms with Crippen molar-refractivity contribution in [1.29, 1.82) is 0 Å². The van der Waals surface area contributed by atoms with E-state index in [1.165, 1.54) is 44.8 Å². The Morgan fingerprint density at radius 2 is 1.62 bits per heavy atom. The van der Waals surface area contributed by atoms with Crippen molar-refractivity contribution >= 4 is 5.97 Å². The highest BCUT2D eigenvalue weighted by Gasteiger charge is 2.48. The lowest BCUT2D eigenvalue weighted by Gasteiger charge is -2.38. The lowest BCUT2D eigenvalue weighted by atomic mass is 9.73. The van der Waals surface area contributed by atoms with Gasteiger partial charge >= 0.3 is 5.97 Å². The molecule has 0 spiro atoms. The van der Waals surface area contributed by atoms with Gasteiger partial charge in [0.2, 0.25) is 6.29 Å². The number of hydrogen-bond acceptors (Lipinski definition) is 12. The summed E-state index contributed by atoms with van der Waals surface area (Å²) in [6.07, 6.45) is 3.60. The second kappa shape index (κ2) is 17.9. The zero-order valence-corrected chi connectivity index (χ0v) is 28.4. The third-order valence-electron chi connectivity index (χ3n) is 10.8. The molecular weight excluding hydrogens is 624 g/mol. The van der Waals surface area contributed by atoms with Crippen LogP contribution in [0.1, 0.15) is 82.3 Å². The average Bonchev–Trinajstić information content (AvgIpc) is 3.40. The van der Waals surface area contributed by atoms with Gasteiger partial charge in [-0.2, -0.15) is 0 Å². The van der Waals surface area contributed by atoms with Crippen LogP contribution in [-0.4, -0.2) is 114 Å². The van der Waals surface area contributed by atoms with Gasteiger partial charge in [0.15, 0.2) is 12.9 Å². The minimum absolute atomic E-state index is 0.0276. The van der Waals surface area contributed by atoms with Crippen LogP contribution in [0, 0.1) is 17.8 Å². The monoisotopic (exact) mass is 680 g/mol. The number of esters is 1. The molecule has 0 amide bonds. The van der Waals surface area contributed by atoms with E-state index in [0.29, 0.717) is 23.5 Å². The van der Waals surface area contributed by atoms with Crippen LogP contribution in [0.25, 0.3) is 0 Å². The molecule has 5 N–H and O–H groups in total. The smallest absolute Gasteiger partial charge is 0.346 e. The summed E-state index contributed by atoms with van der Waals surface area (Å²) < 4.78 is 34.7. The molecule has 1 aromatic rings. The Kier molecular flexibility index (Phi) is 13.9. The molecule has 9 unspecified atom stereocenters. The molecule has 5 rings (SSSR count). The van der Waals surface area contributed by atoms with Crippen molar-refractivity contribution < 1.29 is 58.7 Å². The Hall–Kier alpha value is -1.87. The topological polar surface area (TPSA) is 174 Å². The molecule has 48 heavy (non-hydrogen) atoms. The van der Waals surface area contributed by atoms with Gasteiger partial charge in [0.1, 0.15) is 30.2 Å². The molecule has 12 nitrogen and oxygen atoms in total. The van der Waals surface area contributed by atoms with E-state index in [-0.39, 0.29) is 32.2 Å². The summed E-state index contributed by atoms with van der Waals surface area (Å²) in [5, 5.41) is 50.3. The molecule has 0 radical (unpaired) electrons. The molecule has 1 saturated carbocycles. The summed E-state index contributed by atoms with van der Waals surface area (Å²) in [5.74, 6) is 1.03. The van der Waals surface area contributed by atoms with E-state index >= 15 is 0 Å². The first-order chi connectivity index (χ1) is 23.3. The first-order valence-corrected chi connectivity index (χ1v) is 17.9. The van der Waals surface area contributed by atoms with Crippen molar-refractivity contribution in [3.8, 4) is 5.75 Å². The van der Waals surface area contributed by atoms with Crippen LogP contribution in [0.3, 0.4) is 0 Å². The highest BCUT2D eigenvalue weighted by molar-refractivity contribution is 5.71. The van der Waals surface area contributed by atoms with E-state index in [1.807, 2.05) is 12.1 Å². The molecule has 12 atom stereocenters. The van der Waals surface area contributed by atoms with E-state index in [9.17, 15) is 30.3 Å². The number of carbonyl (C=O) groups excluding carboxylic acids is 1. The molecule has 12 heteroatoms. The number of aliphatic hydroxyl groups is 5. The lowest BCUT2D eigenvalue weighted by Crippen LogP contribution is -2.52. The first kappa shape index (κ1) is 37.4. The number of rotatable bonds is 16. The number of fused-ring (bicyclic) bond motifs is 2. The van der Waals surface area contributed by atoms with Crippen LogP contribution in [0.5, 0.6) is 5.75 Å². The number of hydrogen-bond donors (Lipinski definition) is 5. The first-order valence-electron chi connectivity index (χ1n) is 17.9. The van der Waals surface area contributed by atoms with Crippen molar-refractivity contribution in [3.05, 3.63) is 29.3 Å². The quantitative estimate of drug-likeness (QED) is 0.128. The van der Waals surface area contributed by atoms with Crippen molar-refractivity contribution in [2.75, 3.05) is 26.9 Å². The fourth-order valence-corrected chi connectivity index (χ4v) is 8.33. The Labute approximate surface area is 283 Å². The van der Waals surface area contributed by atoms with Crippen LogP contribution < -0.4 is 4.74 Å². The van der Waals surface area contributed by atoms with E-state index in [1.54, 1.807) is 0 Å². The summed E-state index contributed by atoms with van der Waals surface area (Å²) in [6, 6.07) is 5.94. The molecule has 3 fully saturated rings. The molecule has 2 aliphatic carbocycles. The fraction of sp³-hybridized carbons (Fsp3) is 0.806. The van der Waals surface area contributed by atoms with E-state index in [2.05, 4.69) is 13.0 Å². The largest absolute Gasteiger partial charge is 0.482 e. The zero-order valence-electron chi connectivity index (χ0n) is 28.4. The van der Waals surface area contributed by atoms with Gasteiger partial charge in [-0.3, -0.25) is 0 Å². The van der Waals surface area contributed by atoms with Crippen molar-refractivity contribution in [2.24, 2.45) is 17.8 Å². The van der Waals surface area contributed by atoms with Crippen LogP contribution in [0.15, 0.2) is 18.2 Å². The Morgan fingerprint density at radius 3 is 2.38 bits per heavy atom. The van der Waals surface area contributed by atoms with Gasteiger partial charge in [-0.1, -0.05) is 57.6 Å². The predicted molar refractivity (Wildman–Crippen MR) is 173 cm³/mol. The number of methoxy groups -OCH3 is 1. The van der Waals surface area contributed by atoms with E-state index in [0.717, 1.165) is 37.7 Å². The second-order valence-electron chi connectivity index (χ2n) is 14.0. The van der Waals surface area contributed by atoms with Gasteiger partial charge in [-0.25, -0.2) is 4.79 Å². The highest BCUT2D eigenvalue weighted by Crippen LogP contribution is 2.50. The van der Waals surface area contributed by atoms with Crippen molar-refractivity contribution in [3.63, 3.8) is 0 Å². The normalized spacial score (nSPS) is 36.3. The van der Waals surface area contributed by atoms with Gasteiger partial charge in [0, 0.05) is 20.0 Å². The van der Waals surface area contributed by atoms with Crippen LogP contribution in [-0.2, 0) is 41.3 Å². The standard InChI is InChI=1S/C36H56O12/c1-3-4-5-6-7-8-11-23-24-13-21-10-9-12-28(44-20-32(41)48-34-17-27(40)36(43-2)31(19-38)47-34)25(21)14-22(24)15-29(23)45-33-16-26(39)35(42)30(18-37)46-33/h9-10,12,22-24,26-27,29-31,33-40,42H,3-8,11,13-20H2,1-2H3/t22-,23+,24-,26?,27?,29?,30?,31?,33?,34?,35?,36?/m1/s1. The maximum atomic E-state index is 12.8. The Morgan fingerprint density at radius 1 is 0.896 bits per heavy atom. The minimum Gasteiger partial charge on any atom is -0.482 e. The molecule has 2 heterocycles. The number of benzene rings is 1.